The molecule has 4 aromatic rings. The fourth-order valence-electron chi connectivity index (χ4n) is 6.47. The maximum absolute atomic E-state index is 13.8. The van der Waals surface area contributed by atoms with Crippen LogP contribution in [0.1, 0.15) is 91.7 Å². The number of amides is 2. The number of carbonyl (C=O) groups excluding carboxylic acids is 2. The summed E-state index contributed by atoms with van der Waals surface area (Å²) in [7, 11) is -4.24. The van der Waals surface area contributed by atoms with Gasteiger partial charge in [-0.15, -0.1) is 11.3 Å². The van der Waals surface area contributed by atoms with E-state index in [9.17, 15) is 27.6 Å². The third-order valence-electron chi connectivity index (χ3n) is 9.34. The number of nitrogens with one attached hydrogen (secondary N) is 2. The molecule has 0 spiro atoms. The predicted molar refractivity (Wildman–Crippen MR) is 209 cm³/mol. The lowest BCUT2D eigenvalue weighted by molar-refractivity contribution is -0.137. The monoisotopic (exact) mass is 786 g/mol. The number of fused-ring (bicyclic) bond motifs is 1. The molecule has 0 aliphatic heterocycles. The summed E-state index contributed by atoms with van der Waals surface area (Å²) in [6, 6.07) is 19.1. The number of hydrogen-bond donors (Lipinski definition) is 4. The van der Waals surface area contributed by atoms with Crippen LogP contribution in [0.5, 0.6) is 0 Å². The van der Waals surface area contributed by atoms with Crippen LogP contribution in [0.4, 0.5) is 10.7 Å². The molecule has 0 radical (unpaired) electrons. The summed E-state index contributed by atoms with van der Waals surface area (Å²) in [5, 5.41) is 27.9. The maximum Gasteiger partial charge on any atom is 0.335 e. The molecular weight excluding hydrogens is 745 g/mol. The molecule has 3 aromatic carbocycles. The van der Waals surface area contributed by atoms with E-state index in [0.29, 0.717) is 22.7 Å². The zero-order valence-electron chi connectivity index (χ0n) is 30.2. The van der Waals surface area contributed by atoms with Crippen molar-refractivity contribution in [3.63, 3.8) is 0 Å². The summed E-state index contributed by atoms with van der Waals surface area (Å²) in [4.78, 5) is 53.3. The molecular formula is C39H42N6O8S2. The Hall–Kier alpha value is -5.54. The molecule has 288 valence electrons. The zero-order valence-corrected chi connectivity index (χ0v) is 31.9. The first-order valence-corrected chi connectivity index (χ1v) is 20.2. The molecule has 1 aliphatic carbocycles. The van der Waals surface area contributed by atoms with Gasteiger partial charge in [-0.25, -0.2) is 13.2 Å². The Labute approximate surface area is 322 Å². The average Bonchev–Trinajstić information content (AvgIpc) is 3.54. The lowest BCUT2D eigenvalue weighted by atomic mass is 9.95. The number of carboxylic acid groups (broad SMARTS) is 2. The zero-order chi connectivity index (χ0) is 39.5. The van der Waals surface area contributed by atoms with E-state index < -0.39 is 33.9 Å². The Kier molecular flexibility index (Phi) is 13.8. The number of anilines is 2. The Morgan fingerprint density at radius 3 is 2.22 bits per heavy atom. The number of aliphatic carboxylic acids is 1. The molecule has 14 nitrogen and oxygen atoms in total. The molecule has 0 saturated heterocycles. The molecule has 1 aromatic heterocycles. The number of benzene rings is 3. The minimum absolute atomic E-state index is 0.0293. The van der Waals surface area contributed by atoms with E-state index in [0.717, 1.165) is 64.4 Å². The number of nitrogens with zero attached hydrogens (tertiary/aromatic N) is 4. The van der Waals surface area contributed by atoms with E-state index >= 15 is 0 Å². The molecule has 1 atom stereocenters. The van der Waals surface area contributed by atoms with Crippen molar-refractivity contribution in [2.24, 2.45) is 5.11 Å². The fourth-order valence-corrected chi connectivity index (χ4v) is 9.46. The van der Waals surface area contributed by atoms with Gasteiger partial charge >= 0.3 is 11.9 Å². The van der Waals surface area contributed by atoms with E-state index in [-0.39, 0.29) is 47.9 Å². The highest BCUT2D eigenvalue weighted by atomic mass is 32.2. The topological polar surface area (TPSA) is 219 Å². The predicted octanol–water partition coefficient (Wildman–Crippen LogP) is 7.56. The van der Waals surface area contributed by atoms with Crippen LogP contribution < -0.4 is 10.6 Å². The second kappa shape index (κ2) is 18.7. The van der Waals surface area contributed by atoms with Gasteiger partial charge in [-0.2, -0.15) is 4.31 Å². The molecule has 0 fully saturated rings. The van der Waals surface area contributed by atoms with Crippen molar-refractivity contribution in [1.29, 1.82) is 0 Å². The summed E-state index contributed by atoms with van der Waals surface area (Å²) in [6.45, 7) is 1.24. The highest BCUT2D eigenvalue weighted by Gasteiger charge is 2.30. The number of rotatable bonds is 18. The van der Waals surface area contributed by atoms with E-state index in [1.165, 1.54) is 35.6 Å². The number of thiophene rings is 1. The van der Waals surface area contributed by atoms with Crippen LogP contribution in [0.3, 0.4) is 0 Å². The Morgan fingerprint density at radius 2 is 1.56 bits per heavy atom. The minimum Gasteiger partial charge on any atom is -0.481 e. The summed E-state index contributed by atoms with van der Waals surface area (Å²) in [6.07, 6.45) is 5.53. The van der Waals surface area contributed by atoms with Gasteiger partial charge in [-0.1, -0.05) is 35.4 Å². The van der Waals surface area contributed by atoms with Gasteiger partial charge in [0, 0.05) is 46.6 Å². The van der Waals surface area contributed by atoms with E-state index in [2.05, 4.69) is 20.7 Å². The third kappa shape index (κ3) is 10.6. The minimum atomic E-state index is -4.24. The van der Waals surface area contributed by atoms with E-state index in [1.54, 1.807) is 19.1 Å². The second-order valence-electron chi connectivity index (χ2n) is 13.3. The normalized spacial score (nSPS) is 13.0. The molecule has 1 unspecified atom stereocenters. The molecule has 2 amide bonds. The van der Waals surface area contributed by atoms with Crippen molar-refractivity contribution in [3.05, 3.63) is 121 Å². The van der Waals surface area contributed by atoms with Gasteiger partial charge in [-0.05, 0) is 123 Å². The number of carbonyl (C=O) groups is 4. The summed E-state index contributed by atoms with van der Waals surface area (Å²) < 4.78 is 28.7. The van der Waals surface area contributed by atoms with Crippen molar-refractivity contribution in [1.82, 2.24) is 4.31 Å². The maximum atomic E-state index is 13.8. The van der Waals surface area contributed by atoms with Crippen molar-refractivity contribution in [2.75, 3.05) is 23.7 Å². The quantitative estimate of drug-likeness (QED) is 0.0447. The Morgan fingerprint density at radius 1 is 0.891 bits per heavy atom. The van der Waals surface area contributed by atoms with Gasteiger partial charge in [-0.3, -0.25) is 14.4 Å². The molecule has 1 aliphatic rings. The number of sulfonamides is 1. The van der Waals surface area contributed by atoms with E-state index in [1.807, 2.05) is 36.4 Å². The van der Waals surface area contributed by atoms with Crippen LogP contribution in [0, 0.1) is 0 Å². The third-order valence-corrected chi connectivity index (χ3v) is 12.6. The molecule has 0 bridgehead atoms. The smallest absolute Gasteiger partial charge is 0.335 e. The largest absolute Gasteiger partial charge is 0.481 e. The van der Waals surface area contributed by atoms with Gasteiger partial charge in [0.05, 0.1) is 16.0 Å². The molecule has 4 N–H and O–H groups in total. The number of hydrogen-bond acceptors (Lipinski definition) is 8. The average molecular weight is 787 g/mol. The van der Waals surface area contributed by atoms with Crippen LogP contribution in [-0.4, -0.2) is 65.8 Å². The highest BCUT2D eigenvalue weighted by Crippen LogP contribution is 2.39. The van der Waals surface area contributed by atoms with Crippen LogP contribution >= 0.6 is 11.3 Å². The molecule has 5 rings (SSSR count). The number of azide groups is 1. The number of aromatic carboxylic acids is 1. The SMILES string of the molecule is CC(CN=[N+]=[N-])N(CCCC(=O)O)S(=O)(=O)c1cccc(C(=O)Nc2sc3c(c2C(=O)Nc2ccc(CCCc4ccc(C(=O)O)cc4)cc2)CCCC3)c1. The molecule has 16 heteroatoms. The van der Waals surface area contributed by atoms with Crippen LogP contribution in [0.25, 0.3) is 10.4 Å². The first kappa shape index (κ1) is 40.6. The second-order valence-corrected chi connectivity index (χ2v) is 16.3. The highest BCUT2D eigenvalue weighted by molar-refractivity contribution is 7.89. The first-order chi connectivity index (χ1) is 26.4. The lowest BCUT2D eigenvalue weighted by Crippen LogP contribution is -2.41. The van der Waals surface area contributed by atoms with Gasteiger partial charge in [0.25, 0.3) is 11.8 Å². The molecule has 55 heavy (non-hydrogen) atoms. The Balaban J connectivity index is 1.29. The summed E-state index contributed by atoms with van der Waals surface area (Å²) >= 11 is 1.34. The summed E-state index contributed by atoms with van der Waals surface area (Å²) in [5.74, 6) is -3.00. The number of carboxylic acids is 2. The van der Waals surface area contributed by atoms with Crippen LogP contribution in [-0.2, 0) is 40.5 Å². The lowest BCUT2D eigenvalue weighted by Gasteiger charge is -2.27. The standard InChI is InChI=1S/C39H42N6O8S2/c1-25(24-41-44-40)45(22-6-13-34(46)47)55(52,53)31-10-5-9-29(23-31)36(48)43-38-35(32-11-2-3-12-33(32)54-38)37(49)42-30-20-16-27(17-21-30)8-4-7-26-14-18-28(19-15-26)39(50)51/h5,9-10,14-21,23,25H,2-4,6-8,11-13,22,24H2,1H3,(H,42,49)(H,43,48)(H,46,47)(H,50,51). The van der Waals surface area contributed by atoms with Crippen LogP contribution in [0.2, 0.25) is 0 Å². The fraction of sp³-hybridized carbons (Fsp3) is 0.333. The van der Waals surface area contributed by atoms with Gasteiger partial charge < -0.3 is 20.8 Å². The van der Waals surface area contributed by atoms with Gasteiger partial charge in [0.2, 0.25) is 10.0 Å². The van der Waals surface area contributed by atoms with Crippen molar-refractivity contribution in [2.45, 2.75) is 75.6 Å². The molecule has 1 heterocycles. The summed E-state index contributed by atoms with van der Waals surface area (Å²) in [5.41, 5.74) is 13.1. The first-order valence-electron chi connectivity index (χ1n) is 17.9. The Bertz CT molecular complexity index is 2200. The van der Waals surface area contributed by atoms with Crippen molar-refractivity contribution in [3.8, 4) is 0 Å². The van der Waals surface area contributed by atoms with Crippen LogP contribution in [0.15, 0.2) is 82.8 Å². The molecule has 0 saturated carbocycles. The van der Waals surface area contributed by atoms with Gasteiger partial charge in [0.15, 0.2) is 0 Å². The number of aryl methyl sites for hydroxylation is 3. The van der Waals surface area contributed by atoms with Crippen molar-refractivity contribution < 1.29 is 37.8 Å². The van der Waals surface area contributed by atoms with Gasteiger partial charge in [0.1, 0.15) is 5.00 Å². The van der Waals surface area contributed by atoms with Crippen molar-refractivity contribution >= 4 is 55.8 Å². The van der Waals surface area contributed by atoms with E-state index in [4.69, 9.17) is 15.7 Å².